The van der Waals surface area contributed by atoms with Gasteiger partial charge in [-0.25, -0.2) is 0 Å². The summed E-state index contributed by atoms with van der Waals surface area (Å²) < 4.78 is 16.7. The number of rotatable bonds is 12. The monoisotopic (exact) mass is 510 g/mol. The Morgan fingerprint density at radius 2 is 1.65 bits per heavy atom. The number of Topliss-reactive ketones (excluding diaryl/α,β-unsaturated/α-hetero) is 1. The van der Waals surface area contributed by atoms with Crippen LogP contribution in [0.15, 0.2) is 48.0 Å². The van der Waals surface area contributed by atoms with Crippen LogP contribution in [-0.4, -0.2) is 73.1 Å². The number of methoxy groups -OCH3 is 2. The summed E-state index contributed by atoms with van der Waals surface area (Å²) in [6.07, 6.45) is 0.681. The van der Waals surface area contributed by atoms with Crippen molar-refractivity contribution in [1.29, 1.82) is 0 Å². The third-order valence-electron chi connectivity index (χ3n) is 6.54. The van der Waals surface area contributed by atoms with Crippen LogP contribution in [0.1, 0.15) is 51.3 Å². The van der Waals surface area contributed by atoms with E-state index < -0.39 is 17.7 Å². The molecule has 1 unspecified atom stereocenters. The summed E-state index contributed by atoms with van der Waals surface area (Å²) in [5, 5.41) is 11.4. The van der Waals surface area contributed by atoms with E-state index in [9.17, 15) is 14.7 Å². The first-order valence-corrected chi connectivity index (χ1v) is 12.7. The first kappa shape index (κ1) is 28.1. The molecule has 1 aliphatic rings. The van der Waals surface area contributed by atoms with Gasteiger partial charge in [-0.1, -0.05) is 13.8 Å². The number of nitrogens with zero attached hydrogens (tertiary/aromatic N) is 2. The highest BCUT2D eigenvalue weighted by Gasteiger charge is 2.47. The van der Waals surface area contributed by atoms with Crippen molar-refractivity contribution in [3.05, 3.63) is 59.2 Å². The molecule has 1 N–H and O–H groups in total. The van der Waals surface area contributed by atoms with Crippen LogP contribution in [0.4, 0.5) is 0 Å². The first-order valence-electron chi connectivity index (χ1n) is 12.7. The van der Waals surface area contributed by atoms with Crippen LogP contribution >= 0.6 is 0 Å². The fourth-order valence-electron chi connectivity index (χ4n) is 4.61. The standard InChI is InChI=1S/C29H38N2O6/c1-7-30(8-2)16-9-17-31-26(23-18-22(35-5)14-15-24(23)36-6)25(28(33)29(31)34)27(32)20-10-12-21(13-11-20)37-19(3)4/h10-15,18-19,26,32H,7-9,16-17H2,1-6H3/b27-25-. The SMILES string of the molecule is CCN(CC)CCCN1C(=O)C(=O)/C(=C(\O)c2ccc(OC(C)C)cc2)C1c1cc(OC)ccc1OC. The highest BCUT2D eigenvalue weighted by molar-refractivity contribution is 6.46. The van der Waals surface area contributed by atoms with Crippen LogP contribution in [0.5, 0.6) is 17.2 Å². The highest BCUT2D eigenvalue weighted by atomic mass is 16.5. The Balaban J connectivity index is 2.10. The molecule has 2 aromatic carbocycles. The quantitative estimate of drug-likeness (QED) is 0.253. The molecule has 0 aromatic heterocycles. The van der Waals surface area contributed by atoms with Crippen LogP contribution in [0.2, 0.25) is 0 Å². The molecule has 0 aliphatic carbocycles. The lowest BCUT2D eigenvalue weighted by Crippen LogP contribution is -2.33. The van der Waals surface area contributed by atoms with Crippen molar-refractivity contribution in [1.82, 2.24) is 9.80 Å². The number of ether oxygens (including phenoxy) is 3. The number of ketones is 1. The predicted molar refractivity (Wildman–Crippen MR) is 143 cm³/mol. The topological polar surface area (TPSA) is 88.5 Å². The maximum Gasteiger partial charge on any atom is 0.295 e. The van der Waals surface area contributed by atoms with Gasteiger partial charge in [0.1, 0.15) is 23.0 Å². The van der Waals surface area contributed by atoms with Crippen LogP contribution in [0, 0.1) is 0 Å². The third-order valence-corrected chi connectivity index (χ3v) is 6.54. The normalized spacial score (nSPS) is 17.1. The molecule has 0 saturated carbocycles. The van der Waals surface area contributed by atoms with Crippen molar-refractivity contribution < 1.29 is 28.9 Å². The molecule has 0 bridgehead atoms. The van der Waals surface area contributed by atoms with E-state index >= 15 is 0 Å². The van der Waals surface area contributed by atoms with Crippen LogP contribution in [-0.2, 0) is 9.59 Å². The Bertz CT molecular complexity index is 1120. The summed E-state index contributed by atoms with van der Waals surface area (Å²) in [5.74, 6) is 0.0890. The number of likely N-dealkylation sites (tertiary alicyclic amines) is 1. The molecule has 8 nitrogen and oxygen atoms in total. The third kappa shape index (κ3) is 6.25. The van der Waals surface area contributed by atoms with E-state index in [1.165, 1.54) is 12.0 Å². The van der Waals surface area contributed by atoms with E-state index in [-0.39, 0.29) is 17.4 Å². The lowest BCUT2D eigenvalue weighted by molar-refractivity contribution is -0.140. The van der Waals surface area contributed by atoms with Gasteiger partial charge in [0.25, 0.3) is 11.7 Å². The summed E-state index contributed by atoms with van der Waals surface area (Å²) >= 11 is 0. The molecule has 1 amide bonds. The van der Waals surface area contributed by atoms with Gasteiger partial charge < -0.3 is 29.1 Å². The fourth-order valence-corrected chi connectivity index (χ4v) is 4.61. The second kappa shape index (κ2) is 12.6. The summed E-state index contributed by atoms with van der Waals surface area (Å²) in [5.41, 5.74) is 1.02. The van der Waals surface area contributed by atoms with Crippen molar-refractivity contribution in [2.45, 2.75) is 46.3 Å². The highest BCUT2D eigenvalue weighted by Crippen LogP contribution is 2.44. The summed E-state index contributed by atoms with van der Waals surface area (Å²) in [6.45, 7) is 11.0. The maximum absolute atomic E-state index is 13.4. The minimum absolute atomic E-state index is 0.00152. The molecule has 1 heterocycles. The summed E-state index contributed by atoms with van der Waals surface area (Å²) in [7, 11) is 3.08. The molecule has 0 spiro atoms. The predicted octanol–water partition coefficient (Wildman–Crippen LogP) is 4.64. The summed E-state index contributed by atoms with van der Waals surface area (Å²) in [6, 6.07) is 11.2. The first-order chi connectivity index (χ1) is 17.7. The van der Waals surface area contributed by atoms with Crippen molar-refractivity contribution in [2.24, 2.45) is 0 Å². The number of aliphatic hydroxyl groups is 1. The van der Waals surface area contributed by atoms with Crippen molar-refractivity contribution in [3.8, 4) is 17.2 Å². The van der Waals surface area contributed by atoms with Gasteiger partial charge in [-0.15, -0.1) is 0 Å². The Labute approximate surface area is 219 Å². The molecule has 1 fully saturated rings. The number of amides is 1. The van der Waals surface area contributed by atoms with E-state index in [0.29, 0.717) is 41.3 Å². The average Bonchev–Trinajstić information content (AvgIpc) is 3.15. The lowest BCUT2D eigenvalue weighted by atomic mass is 9.94. The van der Waals surface area contributed by atoms with Crippen LogP contribution in [0.3, 0.4) is 0 Å². The van der Waals surface area contributed by atoms with Gasteiger partial charge in [-0.3, -0.25) is 9.59 Å². The molecule has 8 heteroatoms. The molecule has 3 rings (SSSR count). The van der Waals surface area contributed by atoms with Crippen molar-refractivity contribution in [3.63, 3.8) is 0 Å². The van der Waals surface area contributed by atoms with Crippen molar-refractivity contribution >= 4 is 17.4 Å². The Hall–Kier alpha value is -3.52. The number of benzene rings is 2. The molecule has 37 heavy (non-hydrogen) atoms. The van der Waals surface area contributed by atoms with Crippen LogP contribution < -0.4 is 14.2 Å². The van der Waals surface area contributed by atoms with Gasteiger partial charge >= 0.3 is 0 Å². The van der Waals surface area contributed by atoms with Gasteiger partial charge in [0.2, 0.25) is 0 Å². The zero-order chi connectivity index (χ0) is 27.1. The molecule has 0 radical (unpaired) electrons. The number of aliphatic hydroxyl groups excluding tert-OH is 1. The lowest BCUT2D eigenvalue weighted by Gasteiger charge is -2.28. The second-order valence-electron chi connectivity index (χ2n) is 9.17. The molecule has 2 aromatic rings. The van der Waals surface area contributed by atoms with Crippen molar-refractivity contribution in [2.75, 3.05) is 40.4 Å². The van der Waals surface area contributed by atoms with Crippen LogP contribution in [0.25, 0.3) is 5.76 Å². The van der Waals surface area contributed by atoms with E-state index in [4.69, 9.17) is 14.2 Å². The van der Waals surface area contributed by atoms with Gasteiger partial charge in [0.05, 0.1) is 31.9 Å². The van der Waals surface area contributed by atoms with Gasteiger partial charge in [-0.2, -0.15) is 0 Å². The zero-order valence-corrected chi connectivity index (χ0v) is 22.6. The number of carbonyl (C=O) groups is 2. The fraction of sp³-hybridized carbons (Fsp3) is 0.448. The minimum atomic E-state index is -0.826. The molecular formula is C29H38N2O6. The average molecular weight is 511 g/mol. The number of hydrogen-bond acceptors (Lipinski definition) is 7. The number of hydrogen-bond donors (Lipinski definition) is 1. The maximum atomic E-state index is 13.4. The Kier molecular flexibility index (Phi) is 9.58. The Morgan fingerprint density at radius 1 is 1.00 bits per heavy atom. The molecule has 200 valence electrons. The molecule has 1 aliphatic heterocycles. The van der Waals surface area contributed by atoms with Gasteiger partial charge in [0, 0.05) is 17.7 Å². The van der Waals surface area contributed by atoms with Gasteiger partial charge in [0.15, 0.2) is 0 Å². The van der Waals surface area contributed by atoms with E-state index in [0.717, 1.165) is 19.6 Å². The Morgan fingerprint density at radius 3 is 2.22 bits per heavy atom. The van der Waals surface area contributed by atoms with Gasteiger partial charge in [-0.05, 0) is 82.4 Å². The molecule has 1 saturated heterocycles. The zero-order valence-electron chi connectivity index (χ0n) is 22.6. The molecular weight excluding hydrogens is 472 g/mol. The largest absolute Gasteiger partial charge is 0.507 e. The second-order valence-corrected chi connectivity index (χ2v) is 9.17. The smallest absolute Gasteiger partial charge is 0.295 e. The van der Waals surface area contributed by atoms with E-state index in [1.807, 2.05) is 13.8 Å². The minimum Gasteiger partial charge on any atom is -0.507 e. The molecule has 1 atom stereocenters. The van der Waals surface area contributed by atoms with E-state index in [2.05, 4.69) is 18.7 Å². The number of carbonyl (C=O) groups excluding carboxylic acids is 2. The van der Waals surface area contributed by atoms with E-state index in [1.54, 1.807) is 49.6 Å². The summed E-state index contributed by atoms with van der Waals surface area (Å²) in [4.78, 5) is 30.5.